The van der Waals surface area contributed by atoms with Crippen molar-refractivity contribution in [3.8, 4) is 16.9 Å². The van der Waals surface area contributed by atoms with E-state index in [2.05, 4.69) is 0 Å². The molecule has 0 bridgehead atoms. The monoisotopic (exact) mass is 415 g/mol. The molecule has 0 amide bonds. The number of hydrogen-bond acceptors (Lipinski definition) is 6. The number of sulfone groups is 1. The minimum Gasteiger partial charge on any atom is -0.492 e. The van der Waals surface area contributed by atoms with E-state index in [1.165, 1.54) is 30.7 Å². The van der Waals surface area contributed by atoms with Gasteiger partial charge in [-0.3, -0.25) is 0 Å². The summed E-state index contributed by atoms with van der Waals surface area (Å²) in [5, 5.41) is 9.87. The van der Waals surface area contributed by atoms with Gasteiger partial charge < -0.3 is 20.0 Å². The van der Waals surface area contributed by atoms with Crippen LogP contribution in [0.5, 0.6) is 5.75 Å². The second-order valence-corrected chi connectivity index (χ2v) is 8.35. The number of carbonyl (C=O) groups is 1. The van der Waals surface area contributed by atoms with Crippen LogP contribution in [0.2, 0.25) is 0 Å². The summed E-state index contributed by atoms with van der Waals surface area (Å²) in [5.41, 5.74) is 6.62. The van der Waals surface area contributed by atoms with Crippen molar-refractivity contribution in [2.24, 2.45) is 5.73 Å². The Labute approximate surface area is 168 Å². The van der Waals surface area contributed by atoms with Crippen LogP contribution in [-0.4, -0.2) is 32.6 Å². The van der Waals surface area contributed by atoms with Crippen LogP contribution in [0.3, 0.4) is 0 Å². The van der Waals surface area contributed by atoms with Gasteiger partial charge >= 0.3 is 5.97 Å². The lowest BCUT2D eigenvalue weighted by Crippen LogP contribution is -2.14. The molecule has 0 aliphatic carbocycles. The molecule has 0 saturated carbocycles. The Hall–Kier alpha value is -3.10. The predicted molar refractivity (Wildman–Crippen MR) is 108 cm³/mol. The molecule has 2 aromatic carbocycles. The van der Waals surface area contributed by atoms with Crippen LogP contribution >= 0.6 is 0 Å². The molecule has 0 unspecified atom stereocenters. The molecule has 3 rings (SSSR count). The van der Waals surface area contributed by atoms with Gasteiger partial charge in [-0.05, 0) is 36.7 Å². The van der Waals surface area contributed by atoms with Gasteiger partial charge in [-0.2, -0.15) is 0 Å². The maximum atomic E-state index is 12.8. The molecule has 0 aliphatic rings. The highest BCUT2D eigenvalue weighted by atomic mass is 32.2. The van der Waals surface area contributed by atoms with Crippen molar-refractivity contribution in [1.82, 2.24) is 0 Å². The Balaban J connectivity index is 2.10. The lowest BCUT2D eigenvalue weighted by Gasteiger charge is -2.17. The first-order chi connectivity index (χ1) is 13.9. The number of carboxylic acids is 1. The molecule has 152 valence electrons. The number of rotatable bonds is 9. The van der Waals surface area contributed by atoms with Crippen molar-refractivity contribution in [3.63, 3.8) is 0 Å². The van der Waals surface area contributed by atoms with E-state index in [1.54, 1.807) is 30.3 Å². The summed E-state index contributed by atoms with van der Waals surface area (Å²) in [6.07, 6.45) is 3.46. The van der Waals surface area contributed by atoms with Crippen molar-refractivity contribution >= 4 is 15.8 Å². The summed E-state index contributed by atoms with van der Waals surface area (Å²) in [7, 11) is -3.74. The third-order valence-corrected chi connectivity index (χ3v) is 6.01. The van der Waals surface area contributed by atoms with Gasteiger partial charge in [0.1, 0.15) is 11.3 Å². The highest BCUT2D eigenvalue weighted by molar-refractivity contribution is 7.90. The molecule has 0 saturated heterocycles. The van der Waals surface area contributed by atoms with Crippen LogP contribution in [0.1, 0.15) is 22.3 Å². The van der Waals surface area contributed by atoms with E-state index in [0.717, 1.165) is 0 Å². The SMILES string of the molecule is NCCCOc1c(-c2ccoc2)ccc(CS(=O)(=O)c2ccccc2)c1C(=O)O. The summed E-state index contributed by atoms with van der Waals surface area (Å²) in [6, 6.07) is 12.7. The zero-order chi connectivity index (χ0) is 20.9. The van der Waals surface area contributed by atoms with Crippen LogP contribution < -0.4 is 10.5 Å². The Kier molecular flexibility index (Phi) is 6.36. The van der Waals surface area contributed by atoms with Gasteiger partial charge in [0.05, 0.1) is 29.8 Å². The van der Waals surface area contributed by atoms with Gasteiger partial charge in [0.15, 0.2) is 9.84 Å². The van der Waals surface area contributed by atoms with E-state index in [0.29, 0.717) is 24.1 Å². The normalized spacial score (nSPS) is 11.3. The molecule has 0 radical (unpaired) electrons. The first-order valence-corrected chi connectivity index (χ1v) is 10.6. The van der Waals surface area contributed by atoms with Crippen LogP contribution in [0.15, 0.2) is 70.4 Å². The zero-order valence-corrected chi connectivity index (χ0v) is 16.4. The van der Waals surface area contributed by atoms with Gasteiger partial charge in [0, 0.05) is 11.1 Å². The Morgan fingerprint density at radius 3 is 2.48 bits per heavy atom. The quantitative estimate of drug-likeness (QED) is 0.514. The number of furan rings is 1. The van der Waals surface area contributed by atoms with Gasteiger partial charge in [0.2, 0.25) is 0 Å². The van der Waals surface area contributed by atoms with E-state index < -0.39 is 21.6 Å². The summed E-state index contributed by atoms with van der Waals surface area (Å²) >= 11 is 0. The predicted octanol–water partition coefficient (Wildman–Crippen LogP) is 3.35. The summed E-state index contributed by atoms with van der Waals surface area (Å²) in [6.45, 7) is 0.585. The molecule has 1 aromatic heterocycles. The third kappa shape index (κ3) is 4.67. The van der Waals surface area contributed by atoms with Gasteiger partial charge in [-0.1, -0.05) is 30.3 Å². The average molecular weight is 415 g/mol. The molecule has 0 atom stereocenters. The number of ether oxygens (including phenoxy) is 1. The van der Waals surface area contributed by atoms with Crippen molar-refractivity contribution in [2.75, 3.05) is 13.2 Å². The average Bonchev–Trinajstić information content (AvgIpc) is 3.23. The molecule has 0 aliphatic heterocycles. The fraction of sp³-hybridized carbons (Fsp3) is 0.190. The summed E-state index contributed by atoms with van der Waals surface area (Å²) in [5.74, 6) is -1.62. The van der Waals surface area contributed by atoms with Gasteiger partial charge in [0.25, 0.3) is 0 Å². The molecule has 29 heavy (non-hydrogen) atoms. The van der Waals surface area contributed by atoms with E-state index in [4.69, 9.17) is 14.9 Å². The zero-order valence-electron chi connectivity index (χ0n) is 15.6. The first kappa shape index (κ1) is 20.6. The fourth-order valence-electron chi connectivity index (χ4n) is 2.95. The maximum absolute atomic E-state index is 12.8. The number of hydrogen-bond donors (Lipinski definition) is 2. The van der Waals surface area contributed by atoms with Crippen molar-refractivity contribution in [1.29, 1.82) is 0 Å². The van der Waals surface area contributed by atoms with Gasteiger partial charge in [-0.25, -0.2) is 13.2 Å². The van der Waals surface area contributed by atoms with Crippen molar-refractivity contribution in [2.45, 2.75) is 17.1 Å². The molecule has 3 N–H and O–H groups in total. The lowest BCUT2D eigenvalue weighted by molar-refractivity contribution is 0.0691. The molecule has 7 nitrogen and oxygen atoms in total. The lowest BCUT2D eigenvalue weighted by atomic mass is 9.99. The number of aromatic carboxylic acids is 1. The van der Waals surface area contributed by atoms with Crippen LogP contribution in [0, 0.1) is 0 Å². The smallest absolute Gasteiger partial charge is 0.339 e. The van der Waals surface area contributed by atoms with Crippen LogP contribution in [0.25, 0.3) is 11.1 Å². The molecule has 0 spiro atoms. The maximum Gasteiger partial charge on any atom is 0.339 e. The molecule has 8 heteroatoms. The fourth-order valence-corrected chi connectivity index (χ4v) is 4.34. The first-order valence-electron chi connectivity index (χ1n) is 8.96. The largest absolute Gasteiger partial charge is 0.492 e. The Bertz CT molecular complexity index is 1080. The summed E-state index contributed by atoms with van der Waals surface area (Å²) < 4.78 is 36.4. The Morgan fingerprint density at radius 1 is 1.10 bits per heavy atom. The van der Waals surface area contributed by atoms with E-state index in [9.17, 15) is 18.3 Å². The topological polar surface area (TPSA) is 120 Å². The van der Waals surface area contributed by atoms with Crippen LogP contribution in [0.4, 0.5) is 0 Å². The highest BCUT2D eigenvalue weighted by Gasteiger charge is 2.26. The van der Waals surface area contributed by atoms with Crippen LogP contribution in [-0.2, 0) is 15.6 Å². The highest BCUT2D eigenvalue weighted by Crippen LogP contribution is 2.37. The van der Waals surface area contributed by atoms with Crippen molar-refractivity contribution < 1.29 is 27.5 Å². The molecule has 1 heterocycles. The molecule has 0 fully saturated rings. The molecular formula is C21H21NO6S. The standard InChI is InChI=1S/C21H21NO6S/c22-10-4-11-28-20-18(15-9-12-27-13-15)8-7-16(19(20)21(23)24)14-29(25,26)17-5-2-1-3-6-17/h1-3,5-9,12-13H,4,10-11,14,22H2,(H,23,24). The van der Waals surface area contributed by atoms with Gasteiger partial charge in [-0.15, -0.1) is 0 Å². The van der Waals surface area contributed by atoms with Crippen molar-refractivity contribution in [3.05, 3.63) is 72.2 Å². The Morgan fingerprint density at radius 2 is 1.86 bits per heavy atom. The minimum atomic E-state index is -3.74. The number of nitrogens with two attached hydrogens (primary N) is 1. The number of benzene rings is 2. The van der Waals surface area contributed by atoms with E-state index >= 15 is 0 Å². The minimum absolute atomic E-state index is 0.105. The molecule has 3 aromatic rings. The number of carboxylic acid groups (broad SMARTS) is 1. The second kappa shape index (κ2) is 8.93. The van der Waals surface area contributed by atoms with E-state index in [-0.39, 0.29) is 28.4 Å². The third-order valence-electron chi connectivity index (χ3n) is 4.33. The van der Waals surface area contributed by atoms with E-state index in [1.807, 2.05) is 0 Å². The summed E-state index contributed by atoms with van der Waals surface area (Å²) in [4.78, 5) is 12.2. The molecular weight excluding hydrogens is 394 g/mol. The second-order valence-electron chi connectivity index (χ2n) is 6.36.